The van der Waals surface area contributed by atoms with Gasteiger partial charge in [0.2, 0.25) is 10.5 Å². The minimum Gasteiger partial charge on any atom is -0.493 e. The molecule has 0 unspecified atom stereocenters. The van der Waals surface area contributed by atoms with E-state index in [1.165, 1.54) is 0 Å². The fourth-order valence-corrected chi connectivity index (χ4v) is 3.23. The third-order valence-corrected chi connectivity index (χ3v) is 4.62. The Hall–Kier alpha value is -2.65. The SMILES string of the molecule is CCOc1c(OC)cc(/C=N\n2c(-c3cccs3)n[nH]c2=S)cc1OC. The van der Waals surface area contributed by atoms with Crippen molar-refractivity contribution in [1.82, 2.24) is 14.9 Å². The van der Waals surface area contributed by atoms with Crippen LogP contribution in [0.5, 0.6) is 17.2 Å². The lowest BCUT2D eigenvalue weighted by atomic mass is 10.2. The predicted molar refractivity (Wildman–Crippen MR) is 104 cm³/mol. The number of benzene rings is 1. The average Bonchev–Trinajstić information content (AvgIpc) is 3.30. The molecule has 2 heterocycles. The Morgan fingerprint density at radius 2 is 2.04 bits per heavy atom. The van der Waals surface area contributed by atoms with Gasteiger partial charge in [-0.3, -0.25) is 0 Å². The van der Waals surface area contributed by atoms with E-state index in [1.54, 1.807) is 36.4 Å². The number of methoxy groups -OCH3 is 2. The van der Waals surface area contributed by atoms with E-state index in [0.717, 1.165) is 10.4 Å². The normalized spacial score (nSPS) is 11.0. The van der Waals surface area contributed by atoms with Crippen LogP contribution in [-0.4, -0.2) is 41.9 Å². The second kappa shape index (κ2) is 8.15. The molecule has 0 saturated heterocycles. The third-order valence-electron chi connectivity index (χ3n) is 3.49. The van der Waals surface area contributed by atoms with Gasteiger partial charge in [0, 0.05) is 5.56 Å². The molecular formula is C17H18N4O3S2. The molecule has 1 N–H and O–H groups in total. The van der Waals surface area contributed by atoms with E-state index < -0.39 is 0 Å². The van der Waals surface area contributed by atoms with Crippen LogP contribution in [0.25, 0.3) is 10.7 Å². The Kier molecular flexibility index (Phi) is 5.69. The van der Waals surface area contributed by atoms with Crippen molar-refractivity contribution in [3.05, 3.63) is 40.0 Å². The Balaban J connectivity index is 2.00. The molecule has 1 aromatic carbocycles. The molecule has 136 valence electrons. The molecule has 2 aromatic heterocycles. The van der Waals surface area contributed by atoms with Gasteiger partial charge < -0.3 is 14.2 Å². The van der Waals surface area contributed by atoms with Gasteiger partial charge in [-0.05, 0) is 42.7 Å². The summed E-state index contributed by atoms with van der Waals surface area (Å²) in [7, 11) is 3.17. The summed E-state index contributed by atoms with van der Waals surface area (Å²) in [4.78, 5) is 0.969. The Bertz CT molecular complexity index is 936. The van der Waals surface area contributed by atoms with Gasteiger partial charge in [-0.1, -0.05) is 6.07 Å². The topological polar surface area (TPSA) is 73.7 Å². The second-order valence-electron chi connectivity index (χ2n) is 5.07. The van der Waals surface area contributed by atoms with Gasteiger partial charge in [-0.15, -0.1) is 11.3 Å². The van der Waals surface area contributed by atoms with Crippen LogP contribution in [0.3, 0.4) is 0 Å². The summed E-state index contributed by atoms with van der Waals surface area (Å²) in [6.45, 7) is 2.41. The lowest BCUT2D eigenvalue weighted by Gasteiger charge is -2.14. The molecule has 0 bridgehead atoms. The van der Waals surface area contributed by atoms with Crippen LogP contribution >= 0.6 is 23.6 Å². The van der Waals surface area contributed by atoms with Gasteiger partial charge in [0.25, 0.3) is 0 Å². The van der Waals surface area contributed by atoms with Crippen LogP contribution in [0.2, 0.25) is 0 Å². The number of ether oxygens (including phenoxy) is 3. The molecule has 0 aliphatic carbocycles. The van der Waals surface area contributed by atoms with Gasteiger partial charge in [-0.2, -0.15) is 14.9 Å². The largest absolute Gasteiger partial charge is 0.493 e. The molecule has 26 heavy (non-hydrogen) atoms. The summed E-state index contributed by atoms with van der Waals surface area (Å²) in [5.74, 6) is 2.36. The number of thiophene rings is 1. The molecule has 0 amide bonds. The van der Waals surface area contributed by atoms with E-state index >= 15 is 0 Å². The minimum absolute atomic E-state index is 0.412. The van der Waals surface area contributed by atoms with E-state index in [2.05, 4.69) is 15.3 Å². The van der Waals surface area contributed by atoms with E-state index in [4.69, 9.17) is 26.4 Å². The van der Waals surface area contributed by atoms with Crippen molar-refractivity contribution >= 4 is 29.8 Å². The number of aromatic nitrogens is 3. The zero-order valence-corrected chi connectivity index (χ0v) is 16.2. The molecule has 9 heteroatoms. The van der Waals surface area contributed by atoms with Crippen LogP contribution in [0.15, 0.2) is 34.7 Å². The average molecular weight is 390 g/mol. The third kappa shape index (κ3) is 3.63. The molecule has 0 atom stereocenters. The van der Waals surface area contributed by atoms with Crippen molar-refractivity contribution < 1.29 is 14.2 Å². The maximum Gasteiger partial charge on any atom is 0.216 e. The summed E-state index contributed by atoms with van der Waals surface area (Å²) < 4.78 is 18.4. The maximum atomic E-state index is 5.61. The molecule has 0 saturated carbocycles. The van der Waals surface area contributed by atoms with Crippen LogP contribution < -0.4 is 14.2 Å². The van der Waals surface area contributed by atoms with Crippen molar-refractivity contribution in [2.24, 2.45) is 5.10 Å². The highest BCUT2D eigenvalue weighted by atomic mass is 32.1. The van der Waals surface area contributed by atoms with E-state index in [-0.39, 0.29) is 0 Å². The quantitative estimate of drug-likeness (QED) is 0.488. The number of aromatic amines is 1. The Labute approximate surface area is 159 Å². The predicted octanol–water partition coefficient (Wildman–Crippen LogP) is 3.97. The van der Waals surface area contributed by atoms with Crippen molar-refractivity contribution in [2.45, 2.75) is 6.92 Å². The number of H-pyrrole nitrogens is 1. The van der Waals surface area contributed by atoms with Crippen LogP contribution in [0.1, 0.15) is 12.5 Å². The molecule has 0 aliphatic heterocycles. The van der Waals surface area contributed by atoms with E-state index in [1.807, 2.05) is 36.6 Å². The molecule has 0 aliphatic rings. The molecular weight excluding hydrogens is 372 g/mol. The molecule has 3 aromatic rings. The van der Waals surface area contributed by atoms with Crippen LogP contribution in [0, 0.1) is 4.77 Å². The first kappa shape index (κ1) is 18.2. The summed E-state index contributed by atoms with van der Waals surface area (Å²) >= 11 is 6.85. The highest BCUT2D eigenvalue weighted by molar-refractivity contribution is 7.71. The summed E-state index contributed by atoms with van der Waals surface area (Å²) in [5.41, 5.74) is 0.780. The first-order valence-electron chi connectivity index (χ1n) is 7.82. The van der Waals surface area contributed by atoms with Gasteiger partial charge in [0.1, 0.15) is 0 Å². The number of nitrogens with one attached hydrogen (secondary N) is 1. The zero-order chi connectivity index (χ0) is 18.5. The minimum atomic E-state index is 0.412. The van der Waals surface area contributed by atoms with Gasteiger partial charge >= 0.3 is 0 Å². The monoisotopic (exact) mass is 390 g/mol. The Morgan fingerprint density at radius 3 is 2.62 bits per heavy atom. The van der Waals surface area contributed by atoms with E-state index in [0.29, 0.717) is 34.5 Å². The standard InChI is InChI=1S/C17H18N4O3S2/c1-4-24-15-12(22-2)8-11(9-13(15)23-3)10-18-21-16(19-20-17(21)25)14-6-5-7-26-14/h5-10H,4H2,1-3H3,(H,20,25)/b18-10-. The van der Waals surface area contributed by atoms with Gasteiger partial charge in [0.05, 0.1) is 31.9 Å². The molecule has 0 spiro atoms. The van der Waals surface area contributed by atoms with E-state index in [9.17, 15) is 0 Å². The number of hydrogen-bond acceptors (Lipinski definition) is 7. The number of rotatable bonds is 7. The van der Waals surface area contributed by atoms with Crippen LogP contribution in [-0.2, 0) is 0 Å². The second-order valence-corrected chi connectivity index (χ2v) is 6.41. The number of nitrogens with zero attached hydrogens (tertiary/aromatic N) is 3. The molecule has 3 rings (SSSR count). The number of hydrogen-bond donors (Lipinski definition) is 1. The smallest absolute Gasteiger partial charge is 0.216 e. The van der Waals surface area contributed by atoms with Crippen molar-refractivity contribution in [2.75, 3.05) is 20.8 Å². The van der Waals surface area contributed by atoms with Crippen LogP contribution in [0.4, 0.5) is 0 Å². The Morgan fingerprint density at radius 1 is 1.31 bits per heavy atom. The summed E-state index contributed by atoms with van der Waals surface area (Å²) in [6.07, 6.45) is 1.67. The van der Waals surface area contributed by atoms with Crippen molar-refractivity contribution in [1.29, 1.82) is 0 Å². The molecule has 0 fully saturated rings. The highest BCUT2D eigenvalue weighted by Gasteiger charge is 2.14. The first-order chi connectivity index (χ1) is 12.7. The fraction of sp³-hybridized carbons (Fsp3) is 0.235. The lowest BCUT2D eigenvalue weighted by Crippen LogP contribution is -2.00. The van der Waals surface area contributed by atoms with Crippen molar-refractivity contribution in [3.63, 3.8) is 0 Å². The molecule has 0 radical (unpaired) electrons. The molecule has 7 nitrogen and oxygen atoms in total. The fourth-order valence-electron chi connectivity index (χ4n) is 2.35. The first-order valence-corrected chi connectivity index (χ1v) is 9.11. The maximum absolute atomic E-state index is 5.61. The lowest BCUT2D eigenvalue weighted by molar-refractivity contribution is 0.288. The van der Waals surface area contributed by atoms with Crippen molar-refractivity contribution in [3.8, 4) is 28.0 Å². The summed E-state index contributed by atoms with van der Waals surface area (Å²) in [6, 6.07) is 7.57. The van der Waals surface area contributed by atoms with Gasteiger partial charge in [0.15, 0.2) is 17.3 Å². The highest BCUT2D eigenvalue weighted by Crippen LogP contribution is 2.38. The van der Waals surface area contributed by atoms with Gasteiger partial charge in [-0.25, -0.2) is 5.10 Å². The zero-order valence-electron chi connectivity index (χ0n) is 14.6. The summed E-state index contributed by atoms with van der Waals surface area (Å²) in [5, 5.41) is 13.5.